The maximum Gasteiger partial charge on any atom is 0.189 e. The highest BCUT2D eigenvalue weighted by molar-refractivity contribution is 7.85. The maximum absolute atomic E-state index is 15.6. The van der Waals surface area contributed by atoms with Gasteiger partial charge in [-0.15, -0.1) is 0 Å². The van der Waals surface area contributed by atoms with Gasteiger partial charge >= 0.3 is 0 Å². The zero-order chi connectivity index (χ0) is 39.1. The molecule has 0 unspecified atom stereocenters. The lowest BCUT2D eigenvalue weighted by Gasteiger charge is -2.21. The summed E-state index contributed by atoms with van der Waals surface area (Å²) < 4.78 is 18.0. The Kier molecular flexibility index (Phi) is 7.47. The van der Waals surface area contributed by atoms with Crippen LogP contribution in [0.1, 0.15) is 0 Å². The molecule has 4 nitrogen and oxygen atoms in total. The third kappa shape index (κ3) is 5.07. The van der Waals surface area contributed by atoms with E-state index >= 15 is 4.57 Å². The lowest BCUT2D eigenvalue weighted by atomic mass is 9.95. The van der Waals surface area contributed by atoms with Crippen molar-refractivity contribution in [1.82, 2.24) is 14.4 Å². The normalized spacial score (nSPS) is 12.1. The monoisotopic (exact) mass is 771 g/mol. The Labute approximate surface area is 340 Å². The standard InChI is InChI=1S/C54H34N3OP/c58-59(39-17-3-1-4-18-39,40-19-5-2-6-20-40)54-46-24-12-11-23-44(46)48(34-55-54)37-28-31-50-47(32-37)45-29-26-36-15-8-10-22-43(36)52(45)53-56-49-30-27-38(33-51(49)57(50)53)42-25-13-16-35-14-7-9-21-41(35)42/h1-34H. The highest BCUT2D eigenvalue weighted by atomic mass is 31.2. The van der Waals surface area contributed by atoms with Crippen LogP contribution in [0.15, 0.2) is 206 Å². The number of imidazole rings is 1. The lowest BCUT2D eigenvalue weighted by Crippen LogP contribution is -2.27. The zero-order valence-electron chi connectivity index (χ0n) is 31.8. The van der Waals surface area contributed by atoms with Gasteiger partial charge in [-0.3, -0.25) is 9.38 Å². The van der Waals surface area contributed by atoms with Gasteiger partial charge in [0.25, 0.3) is 0 Å². The zero-order valence-corrected chi connectivity index (χ0v) is 32.7. The fourth-order valence-electron chi connectivity index (χ4n) is 9.31. The summed E-state index contributed by atoms with van der Waals surface area (Å²) in [5.74, 6) is 0. The summed E-state index contributed by atoms with van der Waals surface area (Å²) in [7, 11) is -3.33. The molecule has 0 aliphatic rings. The highest BCUT2D eigenvalue weighted by Crippen LogP contribution is 2.45. The summed E-state index contributed by atoms with van der Waals surface area (Å²) in [6.07, 6.45) is 1.93. The molecule has 0 saturated heterocycles. The predicted molar refractivity (Wildman–Crippen MR) is 248 cm³/mol. The molecule has 5 heteroatoms. The van der Waals surface area contributed by atoms with Crippen molar-refractivity contribution in [3.63, 3.8) is 0 Å². The van der Waals surface area contributed by atoms with Gasteiger partial charge in [0.15, 0.2) is 7.14 Å². The van der Waals surface area contributed by atoms with Gasteiger partial charge in [-0.25, -0.2) is 4.98 Å². The van der Waals surface area contributed by atoms with Crippen LogP contribution in [0.3, 0.4) is 0 Å². The van der Waals surface area contributed by atoms with Crippen LogP contribution >= 0.6 is 7.14 Å². The Morgan fingerprint density at radius 3 is 1.80 bits per heavy atom. The topological polar surface area (TPSA) is 47.3 Å². The maximum atomic E-state index is 15.6. The SMILES string of the molecule is O=P(c1ccccc1)(c1ccccc1)c1ncc(-c2ccc3c(c2)c2ccc4ccccc4c2c2nc4ccc(-c5cccc6ccccc56)cc4n32)c2ccccc12. The van der Waals surface area contributed by atoms with E-state index in [1.54, 1.807) is 0 Å². The molecule has 0 saturated carbocycles. The van der Waals surface area contributed by atoms with E-state index in [1.165, 1.54) is 27.1 Å². The summed E-state index contributed by atoms with van der Waals surface area (Å²) in [4.78, 5) is 10.5. The van der Waals surface area contributed by atoms with Gasteiger partial charge in [0.05, 0.1) is 16.6 Å². The minimum Gasteiger partial charge on any atom is -0.307 e. The third-order valence-corrected chi connectivity index (χ3v) is 15.1. The Bertz CT molecular complexity index is 3660. The second-order valence-electron chi connectivity index (χ2n) is 15.3. The minimum atomic E-state index is -3.33. The minimum absolute atomic E-state index is 0.598. The van der Waals surface area contributed by atoms with E-state index in [0.717, 1.165) is 76.4 Å². The van der Waals surface area contributed by atoms with E-state index in [1.807, 2.05) is 72.9 Å². The largest absolute Gasteiger partial charge is 0.307 e. The first-order valence-corrected chi connectivity index (χ1v) is 21.6. The summed E-state index contributed by atoms with van der Waals surface area (Å²) >= 11 is 0. The number of hydrogen-bond donors (Lipinski definition) is 0. The van der Waals surface area contributed by atoms with E-state index in [-0.39, 0.29) is 0 Å². The second kappa shape index (κ2) is 13.1. The Morgan fingerprint density at radius 2 is 1.03 bits per heavy atom. The van der Waals surface area contributed by atoms with Crippen LogP contribution in [0, 0.1) is 0 Å². The molecule has 12 aromatic rings. The number of hydrogen-bond acceptors (Lipinski definition) is 3. The Morgan fingerprint density at radius 1 is 0.424 bits per heavy atom. The van der Waals surface area contributed by atoms with E-state index in [9.17, 15) is 0 Å². The average molecular weight is 772 g/mol. The summed E-state index contributed by atoms with van der Waals surface area (Å²) in [6.45, 7) is 0. The van der Waals surface area contributed by atoms with Crippen LogP contribution in [-0.4, -0.2) is 14.4 Å². The first-order chi connectivity index (χ1) is 29.1. The predicted octanol–water partition coefficient (Wildman–Crippen LogP) is 12.6. The molecule has 0 spiro atoms. The molecule has 0 aliphatic heterocycles. The molecule has 3 aromatic heterocycles. The molecule has 0 atom stereocenters. The number of pyridine rings is 2. The van der Waals surface area contributed by atoms with Gasteiger partial charge in [-0.2, -0.15) is 0 Å². The van der Waals surface area contributed by atoms with Gasteiger partial charge in [-0.1, -0.05) is 176 Å². The number of aromatic nitrogens is 3. The second-order valence-corrected chi connectivity index (χ2v) is 17.9. The van der Waals surface area contributed by atoms with E-state index in [0.29, 0.717) is 5.44 Å². The molecule has 0 aliphatic carbocycles. The van der Waals surface area contributed by atoms with Crippen molar-refractivity contribution in [2.75, 3.05) is 0 Å². The van der Waals surface area contributed by atoms with Crippen molar-refractivity contribution in [2.24, 2.45) is 0 Å². The van der Waals surface area contributed by atoms with Crippen LogP contribution in [0.25, 0.3) is 92.9 Å². The smallest absolute Gasteiger partial charge is 0.189 e. The quantitative estimate of drug-likeness (QED) is 0.129. The van der Waals surface area contributed by atoms with Crippen molar-refractivity contribution in [3.8, 4) is 22.3 Å². The van der Waals surface area contributed by atoms with Crippen LogP contribution in [0.2, 0.25) is 0 Å². The molecule has 12 rings (SSSR count). The van der Waals surface area contributed by atoms with Crippen LogP contribution in [-0.2, 0) is 4.57 Å². The molecule has 59 heavy (non-hydrogen) atoms. The fraction of sp³-hybridized carbons (Fsp3) is 0. The van der Waals surface area contributed by atoms with Crippen molar-refractivity contribution in [1.29, 1.82) is 0 Å². The summed E-state index contributed by atoms with van der Waals surface area (Å²) in [6, 6.07) is 69.4. The van der Waals surface area contributed by atoms with Crippen molar-refractivity contribution in [3.05, 3.63) is 206 Å². The summed E-state index contributed by atoms with van der Waals surface area (Å²) in [5.41, 5.74) is 9.01. The highest BCUT2D eigenvalue weighted by Gasteiger charge is 2.33. The average Bonchev–Trinajstić information content (AvgIpc) is 3.70. The number of benzene rings is 9. The van der Waals surface area contributed by atoms with Crippen molar-refractivity contribution < 1.29 is 4.57 Å². The molecule has 276 valence electrons. The van der Waals surface area contributed by atoms with Gasteiger partial charge in [0.1, 0.15) is 11.1 Å². The summed E-state index contributed by atoms with van der Waals surface area (Å²) in [5, 5.41) is 11.6. The van der Waals surface area contributed by atoms with E-state index in [4.69, 9.17) is 9.97 Å². The molecule has 0 amide bonds. The Balaban J connectivity index is 1.13. The van der Waals surface area contributed by atoms with E-state index < -0.39 is 7.14 Å². The van der Waals surface area contributed by atoms with Crippen molar-refractivity contribution in [2.45, 2.75) is 0 Å². The van der Waals surface area contributed by atoms with Gasteiger partial charge in [-0.05, 0) is 73.3 Å². The van der Waals surface area contributed by atoms with Gasteiger partial charge < -0.3 is 4.57 Å². The molecule has 0 bridgehead atoms. The van der Waals surface area contributed by atoms with Crippen molar-refractivity contribution >= 4 is 93.9 Å². The molecule has 3 heterocycles. The lowest BCUT2D eigenvalue weighted by molar-refractivity contribution is 0.592. The van der Waals surface area contributed by atoms with Gasteiger partial charge in [0.2, 0.25) is 0 Å². The molecule has 0 fully saturated rings. The van der Waals surface area contributed by atoms with Crippen LogP contribution in [0.5, 0.6) is 0 Å². The molecular formula is C54H34N3OP. The van der Waals surface area contributed by atoms with Crippen LogP contribution < -0.4 is 16.0 Å². The first kappa shape index (κ1) is 33.7. The molecule has 0 N–H and O–H groups in total. The number of rotatable bonds is 5. The first-order valence-electron chi connectivity index (χ1n) is 19.9. The molecular weight excluding hydrogens is 738 g/mol. The third-order valence-electron chi connectivity index (χ3n) is 12.1. The van der Waals surface area contributed by atoms with Crippen LogP contribution in [0.4, 0.5) is 0 Å². The number of nitrogens with zero attached hydrogens (tertiary/aromatic N) is 3. The Hall–Kier alpha value is -7.39. The fourth-order valence-corrected chi connectivity index (χ4v) is 12.0. The molecule has 9 aromatic carbocycles. The number of fused-ring (bicyclic) bond motifs is 12. The molecule has 0 radical (unpaired) electrons. The van der Waals surface area contributed by atoms with Gasteiger partial charge in [0, 0.05) is 38.5 Å². The van der Waals surface area contributed by atoms with E-state index in [2.05, 4.69) is 138 Å².